The molecular formula is C21H15BrF3NO3. The van der Waals surface area contributed by atoms with Crippen LogP contribution in [-0.2, 0) is 11.2 Å². The maximum Gasteiger partial charge on any atom is 0.471 e. The van der Waals surface area contributed by atoms with Gasteiger partial charge in [-0.05, 0) is 12.0 Å². The second-order valence-corrected chi connectivity index (χ2v) is 7.00. The highest BCUT2D eigenvalue weighted by Crippen LogP contribution is 2.31. The zero-order chi connectivity index (χ0) is 21.2. The summed E-state index contributed by atoms with van der Waals surface area (Å²) in [5, 5.41) is 1.87. The topological polar surface area (TPSA) is 63.2 Å². The summed E-state index contributed by atoms with van der Waals surface area (Å²) in [4.78, 5) is 37.7. The number of amides is 1. The first-order valence-corrected chi connectivity index (χ1v) is 9.75. The van der Waals surface area contributed by atoms with Gasteiger partial charge in [-0.15, -0.1) is 0 Å². The summed E-state index contributed by atoms with van der Waals surface area (Å²) in [5.74, 6) is -3.19. The second kappa shape index (κ2) is 8.32. The zero-order valence-electron chi connectivity index (χ0n) is 14.9. The minimum absolute atomic E-state index is 0.0333. The van der Waals surface area contributed by atoms with Crippen LogP contribution in [0.15, 0.2) is 65.7 Å². The van der Waals surface area contributed by atoms with Crippen molar-refractivity contribution in [2.75, 3.05) is 5.33 Å². The predicted octanol–water partition coefficient (Wildman–Crippen LogP) is 4.05. The van der Waals surface area contributed by atoms with Crippen molar-refractivity contribution in [3.8, 4) is 0 Å². The van der Waals surface area contributed by atoms with Crippen molar-refractivity contribution in [1.82, 2.24) is 5.32 Å². The molecule has 1 atom stereocenters. The van der Waals surface area contributed by atoms with E-state index in [1.165, 1.54) is 12.1 Å². The fourth-order valence-corrected chi connectivity index (χ4v) is 3.82. The Kier molecular flexibility index (Phi) is 6.02. The number of hydrogen-bond donors (Lipinski definition) is 1. The smallest absolute Gasteiger partial charge is 0.341 e. The summed E-state index contributed by atoms with van der Waals surface area (Å²) in [6.45, 7) is 0. The number of alkyl halides is 4. The van der Waals surface area contributed by atoms with Crippen molar-refractivity contribution in [3.63, 3.8) is 0 Å². The SMILES string of the molecule is O=C1C(CBr)=C(C(Cc2ccccc2)NC(=O)C(F)(F)F)C(=O)c2ccccc21. The van der Waals surface area contributed by atoms with Crippen LogP contribution < -0.4 is 5.32 Å². The summed E-state index contributed by atoms with van der Waals surface area (Å²) >= 11 is 3.16. The summed E-state index contributed by atoms with van der Waals surface area (Å²) in [7, 11) is 0. The van der Waals surface area contributed by atoms with Gasteiger partial charge in [-0.25, -0.2) is 0 Å². The number of fused-ring (bicyclic) bond motifs is 1. The molecule has 1 aliphatic carbocycles. The lowest BCUT2D eigenvalue weighted by Gasteiger charge is -2.27. The zero-order valence-corrected chi connectivity index (χ0v) is 16.5. The van der Waals surface area contributed by atoms with Crippen LogP contribution in [0.25, 0.3) is 0 Å². The van der Waals surface area contributed by atoms with Crippen molar-refractivity contribution in [2.45, 2.75) is 18.6 Å². The number of benzene rings is 2. The Morgan fingerprint density at radius 2 is 1.48 bits per heavy atom. The van der Waals surface area contributed by atoms with Gasteiger partial charge in [0.15, 0.2) is 11.6 Å². The van der Waals surface area contributed by atoms with Gasteiger partial charge in [0.25, 0.3) is 0 Å². The van der Waals surface area contributed by atoms with Gasteiger partial charge in [0.1, 0.15) is 0 Å². The molecule has 2 aromatic carbocycles. The molecule has 0 aromatic heterocycles. The van der Waals surface area contributed by atoms with Crippen LogP contribution in [0.2, 0.25) is 0 Å². The number of Topliss-reactive ketones (excluding diaryl/α,β-unsaturated/α-hetero) is 2. The van der Waals surface area contributed by atoms with E-state index in [-0.39, 0.29) is 34.0 Å². The molecule has 8 heteroatoms. The van der Waals surface area contributed by atoms with Gasteiger partial charge in [-0.2, -0.15) is 13.2 Å². The predicted molar refractivity (Wildman–Crippen MR) is 104 cm³/mol. The molecule has 0 fully saturated rings. The molecule has 0 radical (unpaired) electrons. The Morgan fingerprint density at radius 1 is 0.931 bits per heavy atom. The quantitative estimate of drug-likeness (QED) is 0.677. The number of allylic oxidation sites excluding steroid dienone is 1. The average Bonchev–Trinajstić information content (AvgIpc) is 2.70. The number of carbonyl (C=O) groups excluding carboxylic acids is 3. The molecule has 0 bridgehead atoms. The van der Waals surface area contributed by atoms with E-state index in [9.17, 15) is 27.6 Å². The fourth-order valence-electron chi connectivity index (χ4n) is 3.26. The lowest BCUT2D eigenvalue weighted by Crippen LogP contribution is -2.47. The maximum absolute atomic E-state index is 13.1. The highest BCUT2D eigenvalue weighted by atomic mass is 79.9. The van der Waals surface area contributed by atoms with Crippen molar-refractivity contribution in [1.29, 1.82) is 0 Å². The van der Waals surface area contributed by atoms with Gasteiger partial charge in [-0.3, -0.25) is 14.4 Å². The van der Waals surface area contributed by atoms with E-state index in [0.717, 1.165) is 0 Å². The van der Waals surface area contributed by atoms with E-state index in [4.69, 9.17) is 0 Å². The molecule has 1 amide bonds. The number of ketones is 2. The van der Waals surface area contributed by atoms with Crippen molar-refractivity contribution in [3.05, 3.63) is 82.4 Å². The molecule has 0 aliphatic heterocycles. The third kappa shape index (κ3) is 4.32. The summed E-state index contributed by atoms with van der Waals surface area (Å²) in [6, 6.07) is 13.3. The first kappa shape index (κ1) is 21.0. The molecule has 3 rings (SSSR count). The highest BCUT2D eigenvalue weighted by Gasteiger charge is 2.42. The number of rotatable bonds is 5. The van der Waals surface area contributed by atoms with Gasteiger partial charge in [-0.1, -0.05) is 70.5 Å². The normalized spacial score (nSPS) is 15.2. The Morgan fingerprint density at radius 3 is 2.03 bits per heavy atom. The first-order valence-electron chi connectivity index (χ1n) is 8.63. The van der Waals surface area contributed by atoms with Crippen LogP contribution in [0, 0.1) is 0 Å². The summed E-state index contributed by atoms with van der Waals surface area (Å²) in [6.07, 6.45) is -5.20. The third-order valence-corrected chi connectivity index (χ3v) is 5.15. The maximum atomic E-state index is 13.1. The van der Waals surface area contributed by atoms with Gasteiger partial charge in [0.05, 0.1) is 6.04 Å². The van der Waals surface area contributed by atoms with E-state index in [2.05, 4.69) is 15.9 Å². The van der Waals surface area contributed by atoms with E-state index >= 15 is 0 Å². The van der Waals surface area contributed by atoms with Gasteiger partial charge in [0, 0.05) is 27.6 Å². The lowest BCUT2D eigenvalue weighted by molar-refractivity contribution is -0.174. The Labute approximate surface area is 172 Å². The molecule has 0 spiro atoms. The average molecular weight is 466 g/mol. The summed E-state index contributed by atoms with van der Waals surface area (Å²) in [5.41, 5.74) is 0.817. The van der Waals surface area contributed by atoms with E-state index in [1.54, 1.807) is 42.5 Å². The monoisotopic (exact) mass is 465 g/mol. The minimum Gasteiger partial charge on any atom is -0.341 e. The van der Waals surface area contributed by atoms with Gasteiger partial charge in [0.2, 0.25) is 0 Å². The molecule has 4 nitrogen and oxygen atoms in total. The molecule has 1 N–H and O–H groups in total. The molecule has 1 unspecified atom stereocenters. The van der Waals surface area contributed by atoms with Crippen LogP contribution in [-0.4, -0.2) is 35.0 Å². The number of carbonyl (C=O) groups is 3. The Balaban J connectivity index is 2.10. The molecule has 150 valence electrons. The molecule has 2 aromatic rings. The molecule has 0 heterocycles. The van der Waals surface area contributed by atoms with Gasteiger partial charge >= 0.3 is 12.1 Å². The lowest BCUT2D eigenvalue weighted by atomic mass is 9.80. The molecule has 29 heavy (non-hydrogen) atoms. The molecule has 0 saturated carbocycles. The van der Waals surface area contributed by atoms with Crippen LogP contribution in [0.5, 0.6) is 0 Å². The van der Waals surface area contributed by atoms with Crippen LogP contribution in [0.3, 0.4) is 0 Å². The standard InChI is InChI=1S/C21H15BrF3NO3/c22-11-15-17(19(28)14-9-5-4-8-13(14)18(15)27)16(26-20(29)21(23,24)25)10-12-6-2-1-3-7-12/h1-9,16H,10-11H2,(H,26,29). The molecule has 1 aliphatic rings. The van der Waals surface area contributed by atoms with Crippen LogP contribution in [0.1, 0.15) is 26.3 Å². The van der Waals surface area contributed by atoms with E-state index in [0.29, 0.717) is 5.56 Å². The molecular weight excluding hydrogens is 451 g/mol. The Hall–Kier alpha value is -2.74. The number of halogens is 4. The second-order valence-electron chi connectivity index (χ2n) is 6.44. The largest absolute Gasteiger partial charge is 0.471 e. The highest BCUT2D eigenvalue weighted by molar-refractivity contribution is 9.09. The first-order chi connectivity index (χ1) is 13.7. The number of nitrogens with one attached hydrogen (secondary N) is 1. The van der Waals surface area contributed by atoms with Gasteiger partial charge < -0.3 is 5.32 Å². The van der Waals surface area contributed by atoms with Crippen molar-refractivity contribution in [2.24, 2.45) is 0 Å². The van der Waals surface area contributed by atoms with Crippen LogP contribution >= 0.6 is 15.9 Å². The fraction of sp³-hybridized carbons (Fsp3) is 0.190. The Bertz CT molecular complexity index is 1000. The number of hydrogen-bond acceptors (Lipinski definition) is 3. The summed E-state index contributed by atoms with van der Waals surface area (Å²) < 4.78 is 38.8. The van der Waals surface area contributed by atoms with E-state index in [1.807, 2.05) is 5.32 Å². The van der Waals surface area contributed by atoms with Crippen molar-refractivity contribution >= 4 is 33.4 Å². The van der Waals surface area contributed by atoms with E-state index < -0.39 is 29.7 Å². The third-order valence-electron chi connectivity index (χ3n) is 4.59. The van der Waals surface area contributed by atoms with Crippen molar-refractivity contribution < 1.29 is 27.6 Å². The molecule has 0 saturated heterocycles. The minimum atomic E-state index is -5.12. The van der Waals surface area contributed by atoms with Crippen LogP contribution in [0.4, 0.5) is 13.2 Å².